The van der Waals surface area contributed by atoms with Crippen LogP contribution in [0.15, 0.2) is 59.1 Å². The van der Waals surface area contributed by atoms with Crippen LogP contribution in [0.4, 0.5) is 5.69 Å². The van der Waals surface area contributed by atoms with Gasteiger partial charge in [-0.2, -0.15) is 0 Å². The molecular weight excluding hydrogens is 324 g/mol. The molecule has 0 aliphatic rings. The number of rotatable bonds is 3. The van der Waals surface area contributed by atoms with E-state index in [4.69, 9.17) is 4.52 Å². The van der Waals surface area contributed by atoms with E-state index in [0.29, 0.717) is 22.7 Å². The van der Waals surface area contributed by atoms with Gasteiger partial charge >= 0.3 is 0 Å². The monoisotopic (exact) mass is 344 g/mol. The van der Waals surface area contributed by atoms with Gasteiger partial charge in [-0.25, -0.2) is 0 Å². The number of anilines is 1. The van der Waals surface area contributed by atoms with Crippen molar-refractivity contribution < 1.29 is 9.32 Å². The molecule has 4 nitrogen and oxygen atoms in total. The summed E-state index contributed by atoms with van der Waals surface area (Å²) in [6, 6.07) is 17.3. The highest BCUT2D eigenvalue weighted by atomic mass is 16.5. The minimum atomic E-state index is -0.222. The number of hydrogen-bond acceptors (Lipinski definition) is 3. The van der Waals surface area contributed by atoms with E-state index in [-0.39, 0.29) is 11.8 Å². The molecule has 0 bridgehead atoms. The zero-order valence-corrected chi connectivity index (χ0v) is 15.0. The van der Waals surface area contributed by atoms with Crippen molar-refractivity contribution >= 4 is 11.6 Å². The fourth-order valence-corrected chi connectivity index (χ4v) is 2.59. The Bertz CT molecular complexity index is 976. The molecule has 3 rings (SSSR count). The molecule has 0 unspecified atom stereocenters. The summed E-state index contributed by atoms with van der Waals surface area (Å²) < 4.78 is 5.29. The molecule has 1 amide bonds. The van der Waals surface area contributed by atoms with Crippen LogP contribution in [-0.4, -0.2) is 11.1 Å². The van der Waals surface area contributed by atoms with Gasteiger partial charge in [0.25, 0.3) is 5.91 Å². The van der Waals surface area contributed by atoms with Crippen LogP contribution in [0.2, 0.25) is 0 Å². The first-order chi connectivity index (χ1) is 12.5. The number of nitrogens with one attached hydrogen (secondary N) is 1. The molecule has 4 heteroatoms. The van der Waals surface area contributed by atoms with Crippen molar-refractivity contribution in [3.8, 4) is 11.8 Å². The lowest BCUT2D eigenvalue weighted by atomic mass is 10.0. The first-order valence-corrected chi connectivity index (χ1v) is 8.49. The van der Waals surface area contributed by atoms with Crippen LogP contribution in [0.25, 0.3) is 0 Å². The average Bonchev–Trinajstić information content (AvgIpc) is 3.03. The third kappa shape index (κ3) is 4.01. The number of aryl methyl sites for hydroxylation is 1. The predicted molar refractivity (Wildman–Crippen MR) is 102 cm³/mol. The normalized spacial score (nSPS) is 10.3. The number of carbonyl (C=O) groups excluding carboxylic acids is 1. The van der Waals surface area contributed by atoms with Crippen LogP contribution in [0.3, 0.4) is 0 Å². The van der Waals surface area contributed by atoms with Gasteiger partial charge in [0.15, 0.2) is 5.76 Å². The van der Waals surface area contributed by atoms with Crippen molar-refractivity contribution in [2.45, 2.75) is 26.7 Å². The van der Waals surface area contributed by atoms with Gasteiger partial charge in [0.2, 0.25) is 0 Å². The molecule has 2 aromatic carbocycles. The Morgan fingerprint density at radius 1 is 1.04 bits per heavy atom. The topological polar surface area (TPSA) is 55.1 Å². The van der Waals surface area contributed by atoms with E-state index in [2.05, 4.69) is 22.3 Å². The summed E-state index contributed by atoms with van der Waals surface area (Å²) in [6.45, 7) is 5.71. The molecule has 0 saturated heterocycles. The van der Waals surface area contributed by atoms with Crippen LogP contribution >= 0.6 is 0 Å². The maximum absolute atomic E-state index is 12.7. The number of hydrogen-bond donors (Lipinski definition) is 1. The summed E-state index contributed by atoms with van der Waals surface area (Å²) in [7, 11) is 0. The van der Waals surface area contributed by atoms with Crippen molar-refractivity contribution in [3.63, 3.8) is 0 Å². The highest BCUT2D eigenvalue weighted by Gasteiger charge is 2.22. The average molecular weight is 344 g/mol. The third-order valence-electron chi connectivity index (χ3n) is 3.89. The fourth-order valence-electron chi connectivity index (χ4n) is 2.59. The molecule has 0 spiro atoms. The molecule has 26 heavy (non-hydrogen) atoms. The zero-order valence-electron chi connectivity index (χ0n) is 15.0. The molecule has 0 fully saturated rings. The Balaban J connectivity index is 1.81. The van der Waals surface area contributed by atoms with Gasteiger partial charge in [0, 0.05) is 22.7 Å². The molecule has 1 N–H and O–H groups in total. The van der Waals surface area contributed by atoms with E-state index in [1.165, 1.54) is 0 Å². The van der Waals surface area contributed by atoms with E-state index in [0.717, 1.165) is 11.1 Å². The maximum atomic E-state index is 12.7. The molecule has 1 heterocycles. The van der Waals surface area contributed by atoms with Crippen molar-refractivity contribution in [2.75, 3.05) is 5.32 Å². The lowest BCUT2D eigenvalue weighted by Gasteiger charge is -2.07. The Morgan fingerprint density at radius 2 is 1.73 bits per heavy atom. The van der Waals surface area contributed by atoms with Crippen molar-refractivity contribution in [2.24, 2.45) is 0 Å². The van der Waals surface area contributed by atoms with Gasteiger partial charge in [0.05, 0.1) is 5.69 Å². The molecule has 130 valence electrons. The maximum Gasteiger partial charge on any atom is 0.261 e. The fraction of sp³-hybridized carbons (Fsp3) is 0.182. The molecule has 0 atom stereocenters. The second kappa shape index (κ2) is 7.71. The minimum Gasteiger partial charge on any atom is -0.360 e. The van der Waals surface area contributed by atoms with E-state index >= 15 is 0 Å². The van der Waals surface area contributed by atoms with Crippen LogP contribution in [0.1, 0.15) is 52.7 Å². The summed E-state index contributed by atoms with van der Waals surface area (Å²) in [6.07, 6.45) is 0. The van der Waals surface area contributed by atoms with Gasteiger partial charge < -0.3 is 9.84 Å². The van der Waals surface area contributed by atoms with E-state index in [9.17, 15) is 4.79 Å². The highest BCUT2D eigenvalue weighted by molar-refractivity contribution is 6.05. The summed E-state index contributed by atoms with van der Waals surface area (Å²) in [5.41, 5.74) is 3.55. The molecule has 0 radical (unpaired) electrons. The predicted octanol–water partition coefficient (Wildman–Crippen LogP) is 4.76. The van der Waals surface area contributed by atoms with E-state index in [1.54, 1.807) is 6.92 Å². The highest BCUT2D eigenvalue weighted by Crippen LogP contribution is 2.23. The summed E-state index contributed by atoms with van der Waals surface area (Å²) >= 11 is 0. The second-order valence-corrected chi connectivity index (χ2v) is 6.31. The Kier molecular flexibility index (Phi) is 5.19. The van der Waals surface area contributed by atoms with Gasteiger partial charge in [-0.05, 0) is 37.3 Å². The standard InChI is InChI=1S/C22H20N2O2/c1-15(2)21-20(16(3)24-26-21)22(25)23-19-11-7-10-18(14-19)13-12-17-8-5-4-6-9-17/h4-11,14-15H,1-3H3,(H,23,25). The molecule has 1 aromatic heterocycles. The summed E-state index contributed by atoms with van der Waals surface area (Å²) in [4.78, 5) is 12.7. The molecule has 0 saturated carbocycles. The van der Waals surface area contributed by atoms with Crippen molar-refractivity contribution in [1.29, 1.82) is 0 Å². The van der Waals surface area contributed by atoms with Crippen LogP contribution in [0.5, 0.6) is 0 Å². The quantitative estimate of drug-likeness (QED) is 0.697. The first kappa shape index (κ1) is 17.5. The third-order valence-corrected chi connectivity index (χ3v) is 3.89. The van der Waals surface area contributed by atoms with Crippen LogP contribution in [-0.2, 0) is 0 Å². The Hall–Kier alpha value is -3.32. The smallest absolute Gasteiger partial charge is 0.261 e. The van der Waals surface area contributed by atoms with Gasteiger partial charge in [-0.15, -0.1) is 0 Å². The van der Waals surface area contributed by atoms with Gasteiger partial charge in [-0.3, -0.25) is 4.79 Å². The number of carbonyl (C=O) groups is 1. The number of benzene rings is 2. The molecule has 0 aliphatic carbocycles. The van der Waals surface area contributed by atoms with E-state index < -0.39 is 0 Å². The SMILES string of the molecule is Cc1noc(C(C)C)c1C(=O)Nc1cccc(C#Cc2ccccc2)c1. The zero-order chi connectivity index (χ0) is 18.5. The van der Waals surface area contributed by atoms with Crippen molar-refractivity contribution in [3.05, 3.63) is 82.7 Å². The lowest BCUT2D eigenvalue weighted by molar-refractivity contribution is 0.102. The van der Waals surface area contributed by atoms with Crippen LogP contribution < -0.4 is 5.32 Å². The number of aromatic nitrogens is 1. The second-order valence-electron chi connectivity index (χ2n) is 6.31. The lowest BCUT2D eigenvalue weighted by Crippen LogP contribution is -2.14. The molecule has 0 aliphatic heterocycles. The minimum absolute atomic E-state index is 0.0834. The summed E-state index contributed by atoms with van der Waals surface area (Å²) in [5, 5.41) is 6.84. The molecule has 3 aromatic rings. The largest absolute Gasteiger partial charge is 0.360 e. The van der Waals surface area contributed by atoms with E-state index in [1.807, 2.05) is 68.4 Å². The first-order valence-electron chi connectivity index (χ1n) is 8.49. The Morgan fingerprint density at radius 3 is 2.46 bits per heavy atom. The van der Waals surface area contributed by atoms with Crippen LogP contribution in [0, 0.1) is 18.8 Å². The van der Waals surface area contributed by atoms with Crippen molar-refractivity contribution in [1.82, 2.24) is 5.16 Å². The Labute approximate surface area is 153 Å². The number of nitrogens with zero attached hydrogens (tertiary/aromatic N) is 1. The molecular formula is C22H20N2O2. The summed E-state index contributed by atoms with van der Waals surface area (Å²) in [5.74, 6) is 6.69. The van der Waals surface area contributed by atoms with Gasteiger partial charge in [0.1, 0.15) is 5.56 Å². The number of amides is 1. The van der Waals surface area contributed by atoms with Gasteiger partial charge in [-0.1, -0.05) is 55.1 Å².